The van der Waals surface area contributed by atoms with E-state index in [2.05, 4.69) is 5.32 Å². The van der Waals surface area contributed by atoms with Crippen LogP contribution in [0.15, 0.2) is 54.6 Å². The number of ether oxygens (including phenoxy) is 1. The van der Waals surface area contributed by atoms with E-state index in [9.17, 15) is 9.59 Å². The fraction of sp³-hybridized carbons (Fsp3) is 0.400. The predicted octanol–water partition coefficient (Wildman–Crippen LogP) is 3.32. The first-order valence-electron chi connectivity index (χ1n) is 11.4. The molecule has 1 aliphatic rings. The zero-order chi connectivity index (χ0) is 22.3. The number of nitrogens with one attached hydrogen (secondary N) is 1. The Morgan fingerprint density at radius 3 is 2.69 bits per heavy atom. The summed E-state index contributed by atoms with van der Waals surface area (Å²) in [6.45, 7) is 4.02. The zero-order valence-corrected chi connectivity index (χ0v) is 18.5. The summed E-state index contributed by atoms with van der Waals surface area (Å²) in [4.78, 5) is 31.9. The van der Waals surface area contributed by atoms with Crippen LogP contribution in [0.2, 0.25) is 0 Å². The van der Waals surface area contributed by atoms with E-state index in [-0.39, 0.29) is 24.5 Å². The van der Waals surface area contributed by atoms with Crippen LogP contribution in [-0.2, 0) is 27.3 Å². The van der Waals surface area contributed by atoms with Crippen LogP contribution in [0.4, 0.5) is 5.69 Å². The number of aromatic nitrogens is 2. The molecular formula is C25H30N4O3. The smallest absolute Gasteiger partial charge is 0.249 e. The van der Waals surface area contributed by atoms with Crippen molar-refractivity contribution in [2.75, 3.05) is 24.6 Å². The Kier molecular flexibility index (Phi) is 7.17. The second-order valence-electron chi connectivity index (χ2n) is 7.97. The van der Waals surface area contributed by atoms with Crippen molar-refractivity contribution in [2.45, 2.75) is 45.3 Å². The van der Waals surface area contributed by atoms with Crippen LogP contribution < -0.4 is 10.2 Å². The van der Waals surface area contributed by atoms with Gasteiger partial charge in [-0.2, -0.15) is 0 Å². The van der Waals surface area contributed by atoms with E-state index < -0.39 is 0 Å². The van der Waals surface area contributed by atoms with Gasteiger partial charge in [0.25, 0.3) is 0 Å². The van der Waals surface area contributed by atoms with E-state index in [0.717, 1.165) is 41.8 Å². The molecule has 1 fully saturated rings. The van der Waals surface area contributed by atoms with Gasteiger partial charge in [0.1, 0.15) is 18.5 Å². The normalized spacial score (nSPS) is 15.7. The maximum Gasteiger partial charge on any atom is 0.249 e. The maximum absolute atomic E-state index is 13.2. The summed E-state index contributed by atoms with van der Waals surface area (Å²) in [5.41, 5.74) is 2.72. The van der Waals surface area contributed by atoms with Gasteiger partial charge < -0.3 is 19.5 Å². The summed E-state index contributed by atoms with van der Waals surface area (Å²) >= 11 is 0. The first-order valence-corrected chi connectivity index (χ1v) is 11.4. The van der Waals surface area contributed by atoms with Gasteiger partial charge in [-0.1, -0.05) is 30.3 Å². The summed E-state index contributed by atoms with van der Waals surface area (Å²) in [6.07, 6.45) is 2.83. The fourth-order valence-corrected chi connectivity index (χ4v) is 4.18. The molecule has 2 heterocycles. The molecule has 1 unspecified atom stereocenters. The predicted molar refractivity (Wildman–Crippen MR) is 125 cm³/mol. The quantitative estimate of drug-likeness (QED) is 0.524. The molecule has 7 heteroatoms. The van der Waals surface area contributed by atoms with Crippen LogP contribution in [0.1, 0.15) is 32.0 Å². The number of benzene rings is 2. The van der Waals surface area contributed by atoms with Crippen molar-refractivity contribution in [3.8, 4) is 0 Å². The molecule has 1 aliphatic heterocycles. The Bertz CT molecular complexity index is 1060. The monoisotopic (exact) mass is 434 g/mol. The number of aryl methyl sites for hydroxylation is 1. The van der Waals surface area contributed by atoms with Crippen molar-refractivity contribution in [1.29, 1.82) is 0 Å². The first-order chi connectivity index (χ1) is 15.7. The minimum Gasteiger partial charge on any atom is -0.368 e. The minimum atomic E-state index is -0.310. The number of imidazole rings is 1. The molecule has 0 aliphatic carbocycles. The van der Waals surface area contributed by atoms with Crippen LogP contribution in [-0.4, -0.2) is 47.2 Å². The molecule has 1 atom stereocenters. The van der Waals surface area contributed by atoms with Gasteiger partial charge in [-0.05, 0) is 50.5 Å². The standard InChI is InChI=1S/C25H30N4O3/c1-2-28(19-10-4-3-5-11-19)24(30)18-29-21-13-7-6-12-20(21)27-23(29)15-8-16-26-25(31)22-14-9-17-32-22/h3-7,10-13,22H,2,8-9,14-18H2,1H3,(H,26,31). The van der Waals surface area contributed by atoms with Gasteiger partial charge in [0, 0.05) is 31.8 Å². The number of hydrogen-bond acceptors (Lipinski definition) is 4. The summed E-state index contributed by atoms with van der Waals surface area (Å²) in [5, 5.41) is 2.96. The lowest BCUT2D eigenvalue weighted by atomic mass is 10.2. The highest BCUT2D eigenvalue weighted by molar-refractivity contribution is 5.94. The van der Waals surface area contributed by atoms with Gasteiger partial charge in [-0.15, -0.1) is 0 Å². The van der Waals surface area contributed by atoms with Crippen LogP contribution >= 0.6 is 0 Å². The van der Waals surface area contributed by atoms with Gasteiger partial charge in [-0.25, -0.2) is 4.98 Å². The van der Waals surface area contributed by atoms with Crippen LogP contribution in [0, 0.1) is 0 Å². The van der Waals surface area contributed by atoms with Gasteiger partial charge in [-0.3, -0.25) is 9.59 Å². The van der Waals surface area contributed by atoms with E-state index in [4.69, 9.17) is 9.72 Å². The van der Waals surface area contributed by atoms with E-state index in [1.54, 1.807) is 4.90 Å². The second kappa shape index (κ2) is 10.4. The van der Waals surface area contributed by atoms with Crippen molar-refractivity contribution < 1.29 is 14.3 Å². The number of para-hydroxylation sites is 3. The second-order valence-corrected chi connectivity index (χ2v) is 7.97. The van der Waals surface area contributed by atoms with Crippen molar-refractivity contribution in [3.05, 3.63) is 60.4 Å². The fourth-order valence-electron chi connectivity index (χ4n) is 4.18. The van der Waals surface area contributed by atoms with Crippen LogP contribution in [0.3, 0.4) is 0 Å². The average Bonchev–Trinajstić information content (AvgIpc) is 3.47. The largest absolute Gasteiger partial charge is 0.368 e. The summed E-state index contributed by atoms with van der Waals surface area (Å²) < 4.78 is 7.44. The number of nitrogens with zero attached hydrogens (tertiary/aromatic N) is 3. The third kappa shape index (κ3) is 4.99. The third-order valence-corrected chi connectivity index (χ3v) is 5.81. The lowest BCUT2D eigenvalue weighted by Crippen LogP contribution is -2.35. The molecule has 3 aromatic rings. The Morgan fingerprint density at radius 2 is 1.94 bits per heavy atom. The zero-order valence-electron chi connectivity index (χ0n) is 18.5. The lowest BCUT2D eigenvalue weighted by molar-refractivity contribution is -0.130. The van der Waals surface area contributed by atoms with Gasteiger partial charge in [0.2, 0.25) is 11.8 Å². The molecule has 0 saturated carbocycles. The number of carbonyl (C=O) groups excluding carboxylic acids is 2. The number of rotatable bonds is 9. The molecule has 4 rings (SSSR count). The molecule has 2 amide bonds. The van der Waals surface area contributed by atoms with Crippen LogP contribution in [0.25, 0.3) is 11.0 Å². The van der Waals surface area contributed by atoms with E-state index in [0.29, 0.717) is 26.1 Å². The SMILES string of the molecule is CCN(C(=O)Cn1c(CCCNC(=O)C2CCCO2)nc2ccccc21)c1ccccc1. The summed E-state index contributed by atoms with van der Waals surface area (Å²) in [7, 11) is 0. The number of amides is 2. The van der Waals surface area contributed by atoms with Gasteiger partial charge in [0.15, 0.2) is 0 Å². The molecule has 2 aromatic carbocycles. The number of anilines is 1. The summed E-state index contributed by atoms with van der Waals surface area (Å²) in [5.74, 6) is 0.845. The van der Waals surface area contributed by atoms with Crippen molar-refractivity contribution in [3.63, 3.8) is 0 Å². The Balaban J connectivity index is 1.45. The molecule has 7 nitrogen and oxygen atoms in total. The van der Waals surface area contributed by atoms with Gasteiger partial charge in [0.05, 0.1) is 11.0 Å². The van der Waals surface area contributed by atoms with Gasteiger partial charge >= 0.3 is 0 Å². The average molecular weight is 435 g/mol. The highest BCUT2D eigenvalue weighted by Crippen LogP contribution is 2.19. The first kappa shape index (κ1) is 22.0. The van der Waals surface area contributed by atoms with E-state index in [1.807, 2.05) is 66.1 Å². The highest BCUT2D eigenvalue weighted by atomic mass is 16.5. The van der Waals surface area contributed by atoms with Crippen molar-refractivity contribution >= 4 is 28.5 Å². The molecule has 1 saturated heterocycles. The molecule has 0 bridgehead atoms. The molecule has 0 spiro atoms. The molecule has 168 valence electrons. The highest BCUT2D eigenvalue weighted by Gasteiger charge is 2.23. The molecule has 0 radical (unpaired) electrons. The molecule has 1 aromatic heterocycles. The molecule has 1 N–H and O–H groups in total. The topological polar surface area (TPSA) is 76.5 Å². The number of carbonyl (C=O) groups is 2. The Hall–Kier alpha value is -3.19. The van der Waals surface area contributed by atoms with Crippen molar-refractivity contribution in [1.82, 2.24) is 14.9 Å². The Morgan fingerprint density at radius 1 is 1.16 bits per heavy atom. The molecular weight excluding hydrogens is 404 g/mol. The van der Waals surface area contributed by atoms with E-state index in [1.165, 1.54) is 0 Å². The lowest BCUT2D eigenvalue weighted by Gasteiger charge is -2.22. The maximum atomic E-state index is 13.2. The number of likely N-dealkylation sites (N-methyl/N-ethyl adjacent to an activating group) is 1. The third-order valence-electron chi connectivity index (χ3n) is 5.81. The van der Waals surface area contributed by atoms with Crippen LogP contribution in [0.5, 0.6) is 0 Å². The number of fused-ring (bicyclic) bond motifs is 1. The van der Waals surface area contributed by atoms with E-state index >= 15 is 0 Å². The minimum absolute atomic E-state index is 0.0230. The summed E-state index contributed by atoms with van der Waals surface area (Å²) in [6, 6.07) is 17.6. The molecule has 32 heavy (non-hydrogen) atoms. The van der Waals surface area contributed by atoms with Crippen molar-refractivity contribution in [2.24, 2.45) is 0 Å². The number of hydrogen-bond donors (Lipinski definition) is 1. The Labute approximate surface area is 188 Å².